The molecule has 0 aromatic carbocycles. The van der Waals surface area contributed by atoms with Gasteiger partial charge in [0.2, 0.25) is 0 Å². The second kappa shape index (κ2) is 2.40. The smallest absolute Gasteiger partial charge is 0.0345 e. The van der Waals surface area contributed by atoms with Crippen molar-refractivity contribution >= 4 is 0 Å². The third kappa shape index (κ3) is 1.30. The average Bonchev–Trinajstić information content (AvgIpc) is 1.94. The first-order valence-corrected chi connectivity index (χ1v) is 2.71. The molecule has 0 fully saturated rings. The summed E-state index contributed by atoms with van der Waals surface area (Å²) in [6.45, 7) is 2.96. The lowest BCUT2D eigenvalue weighted by Gasteiger charge is -1.92. The van der Waals surface area contributed by atoms with E-state index in [1.165, 1.54) is 5.70 Å². The van der Waals surface area contributed by atoms with Gasteiger partial charge in [-0.25, -0.2) is 0 Å². The molecule has 2 heteroatoms. The van der Waals surface area contributed by atoms with Crippen LogP contribution in [0, 0.1) is 0 Å². The number of hydrogen-bond acceptors (Lipinski definition) is 2. The van der Waals surface area contributed by atoms with Gasteiger partial charge in [0.15, 0.2) is 0 Å². The lowest BCUT2D eigenvalue weighted by atomic mass is 10.4. The molecule has 8 heavy (non-hydrogen) atoms. The number of hydrogen-bond donors (Lipinski definition) is 2. The van der Waals surface area contributed by atoms with E-state index in [4.69, 9.17) is 0 Å². The SMILES string of the molecule is CC1=CCNC=CN1. The predicted molar refractivity (Wildman–Crippen MR) is 34.0 cm³/mol. The van der Waals surface area contributed by atoms with Crippen LogP contribution in [0.1, 0.15) is 6.92 Å². The lowest BCUT2D eigenvalue weighted by molar-refractivity contribution is 0.988. The van der Waals surface area contributed by atoms with E-state index >= 15 is 0 Å². The molecule has 0 unspecified atom stereocenters. The van der Waals surface area contributed by atoms with Gasteiger partial charge in [-0.15, -0.1) is 0 Å². The Hall–Kier alpha value is -0.920. The van der Waals surface area contributed by atoms with Crippen molar-refractivity contribution in [2.75, 3.05) is 6.54 Å². The van der Waals surface area contributed by atoms with Crippen LogP contribution in [0.15, 0.2) is 24.2 Å². The van der Waals surface area contributed by atoms with Gasteiger partial charge >= 0.3 is 0 Å². The summed E-state index contributed by atoms with van der Waals surface area (Å²) < 4.78 is 0. The summed E-state index contributed by atoms with van der Waals surface area (Å²) in [5.41, 5.74) is 1.20. The van der Waals surface area contributed by atoms with Crippen molar-refractivity contribution in [3.8, 4) is 0 Å². The van der Waals surface area contributed by atoms with Gasteiger partial charge in [-0.2, -0.15) is 0 Å². The van der Waals surface area contributed by atoms with Crippen LogP contribution in [0.25, 0.3) is 0 Å². The molecule has 0 saturated heterocycles. The molecule has 44 valence electrons. The van der Waals surface area contributed by atoms with Crippen LogP contribution < -0.4 is 10.6 Å². The van der Waals surface area contributed by atoms with Crippen LogP contribution in [0.2, 0.25) is 0 Å². The minimum absolute atomic E-state index is 0.926. The molecule has 0 amide bonds. The second-order valence-corrected chi connectivity index (χ2v) is 1.77. The molecule has 0 saturated carbocycles. The third-order valence-electron chi connectivity index (χ3n) is 1.04. The maximum absolute atomic E-state index is 3.06. The van der Waals surface area contributed by atoms with Crippen LogP contribution >= 0.6 is 0 Å². The first kappa shape index (κ1) is 5.22. The molecule has 0 bridgehead atoms. The lowest BCUT2D eigenvalue weighted by Crippen LogP contribution is -2.01. The monoisotopic (exact) mass is 110 g/mol. The second-order valence-electron chi connectivity index (χ2n) is 1.77. The summed E-state index contributed by atoms with van der Waals surface area (Å²) >= 11 is 0. The van der Waals surface area contributed by atoms with Crippen LogP contribution in [0.4, 0.5) is 0 Å². The number of rotatable bonds is 0. The highest BCUT2D eigenvalue weighted by molar-refractivity contribution is 5.04. The first-order chi connectivity index (χ1) is 3.89. The Labute approximate surface area is 49.3 Å². The van der Waals surface area contributed by atoms with E-state index in [1.54, 1.807) is 0 Å². The molecular formula is C6H10N2. The molecule has 2 N–H and O–H groups in total. The van der Waals surface area contributed by atoms with Gasteiger partial charge in [0, 0.05) is 24.6 Å². The van der Waals surface area contributed by atoms with Gasteiger partial charge < -0.3 is 10.6 Å². The van der Waals surface area contributed by atoms with Crippen molar-refractivity contribution < 1.29 is 0 Å². The quantitative estimate of drug-likeness (QED) is 0.476. The Kier molecular flexibility index (Phi) is 1.57. The van der Waals surface area contributed by atoms with E-state index in [2.05, 4.69) is 16.7 Å². The molecule has 0 spiro atoms. The number of nitrogens with one attached hydrogen (secondary N) is 2. The van der Waals surface area contributed by atoms with E-state index in [0.29, 0.717) is 0 Å². The van der Waals surface area contributed by atoms with Crippen molar-refractivity contribution in [1.82, 2.24) is 10.6 Å². The van der Waals surface area contributed by atoms with Crippen LogP contribution in [0.5, 0.6) is 0 Å². The fraction of sp³-hybridized carbons (Fsp3) is 0.333. The van der Waals surface area contributed by atoms with Gasteiger partial charge in [0.05, 0.1) is 0 Å². The Morgan fingerprint density at radius 1 is 1.50 bits per heavy atom. The molecule has 1 rings (SSSR count). The fourth-order valence-electron chi connectivity index (χ4n) is 0.571. The van der Waals surface area contributed by atoms with Crippen molar-refractivity contribution in [3.63, 3.8) is 0 Å². The van der Waals surface area contributed by atoms with Crippen LogP contribution in [0.3, 0.4) is 0 Å². The van der Waals surface area contributed by atoms with E-state index in [9.17, 15) is 0 Å². The van der Waals surface area contributed by atoms with E-state index in [1.807, 2.05) is 19.3 Å². The molecule has 0 radical (unpaired) electrons. The molecule has 1 heterocycles. The molecule has 0 atom stereocenters. The summed E-state index contributed by atoms with van der Waals surface area (Å²) in [6.07, 6.45) is 5.88. The highest BCUT2D eigenvalue weighted by atomic mass is 14.9. The normalized spacial score (nSPS) is 17.9. The maximum atomic E-state index is 3.06. The zero-order valence-electron chi connectivity index (χ0n) is 4.94. The Bertz CT molecular complexity index is 124. The molecule has 1 aliphatic rings. The van der Waals surface area contributed by atoms with E-state index < -0.39 is 0 Å². The highest BCUT2D eigenvalue weighted by Gasteiger charge is 1.84. The van der Waals surface area contributed by atoms with Crippen molar-refractivity contribution in [2.45, 2.75) is 6.92 Å². The van der Waals surface area contributed by atoms with Crippen molar-refractivity contribution in [3.05, 3.63) is 24.2 Å². The van der Waals surface area contributed by atoms with Gasteiger partial charge in [0.25, 0.3) is 0 Å². The fourth-order valence-corrected chi connectivity index (χ4v) is 0.571. The molecular weight excluding hydrogens is 100 g/mol. The highest BCUT2D eigenvalue weighted by Crippen LogP contribution is 1.86. The molecule has 0 aliphatic carbocycles. The maximum Gasteiger partial charge on any atom is 0.0345 e. The predicted octanol–water partition coefficient (Wildman–Crippen LogP) is 0.554. The summed E-state index contributed by atoms with van der Waals surface area (Å²) in [6, 6.07) is 0. The molecule has 2 nitrogen and oxygen atoms in total. The molecule has 1 aliphatic heterocycles. The average molecular weight is 110 g/mol. The zero-order valence-corrected chi connectivity index (χ0v) is 4.94. The summed E-state index contributed by atoms with van der Waals surface area (Å²) in [5.74, 6) is 0. The van der Waals surface area contributed by atoms with E-state index in [-0.39, 0.29) is 0 Å². The Balaban J connectivity index is 2.51. The number of allylic oxidation sites excluding steroid dienone is 1. The first-order valence-electron chi connectivity index (χ1n) is 2.71. The van der Waals surface area contributed by atoms with Gasteiger partial charge in [-0.3, -0.25) is 0 Å². The summed E-state index contributed by atoms with van der Waals surface area (Å²) in [7, 11) is 0. The molecule has 0 aromatic heterocycles. The van der Waals surface area contributed by atoms with Gasteiger partial charge in [0.1, 0.15) is 0 Å². The van der Waals surface area contributed by atoms with Crippen LogP contribution in [-0.4, -0.2) is 6.54 Å². The Morgan fingerprint density at radius 3 is 3.25 bits per heavy atom. The van der Waals surface area contributed by atoms with Crippen LogP contribution in [-0.2, 0) is 0 Å². The van der Waals surface area contributed by atoms with Crippen molar-refractivity contribution in [2.24, 2.45) is 0 Å². The van der Waals surface area contributed by atoms with E-state index in [0.717, 1.165) is 6.54 Å². The topological polar surface area (TPSA) is 24.1 Å². The zero-order chi connectivity index (χ0) is 5.82. The minimum atomic E-state index is 0.926. The standard InChI is InChI=1S/C6H10N2/c1-6-2-3-7-4-5-8-6/h2,4-5,7-8H,3H2,1H3. The Morgan fingerprint density at radius 2 is 2.38 bits per heavy atom. The largest absolute Gasteiger partial charge is 0.386 e. The van der Waals surface area contributed by atoms with Gasteiger partial charge in [-0.05, 0) is 13.0 Å². The van der Waals surface area contributed by atoms with Crippen molar-refractivity contribution in [1.29, 1.82) is 0 Å². The minimum Gasteiger partial charge on any atom is -0.386 e. The summed E-state index contributed by atoms with van der Waals surface area (Å²) in [4.78, 5) is 0. The third-order valence-corrected chi connectivity index (χ3v) is 1.04. The van der Waals surface area contributed by atoms with Gasteiger partial charge in [-0.1, -0.05) is 0 Å². The summed E-state index contributed by atoms with van der Waals surface area (Å²) in [5, 5.41) is 6.12. The molecule has 0 aromatic rings.